The van der Waals surface area contributed by atoms with Gasteiger partial charge in [-0.25, -0.2) is 0 Å². The molecule has 0 spiro atoms. The van der Waals surface area contributed by atoms with E-state index >= 15 is 0 Å². The Bertz CT molecular complexity index is 797. The van der Waals surface area contributed by atoms with Crippen LogP contribution in [0.5, 0.6) is 5.75 Å². The van der Waals surface area contributed by atoms with Gasteiger partial charge in [-0.3, -0.25) is 10.2 Å². The van der Waals surface area contributed by atoms with E-state index in [0.29, 0.717) is 34.5 Å². The SMILES string of the molecule is CN(C)CCNc1ccc(O)c2c1C(=O)c1ccccc1C2=N. The number of nitrogens with zero attached hydrogens (tertiary/aromatic N) is 1. The van der Waals surface area contributed by atoms with Crippen LogP contribution in [0, 0.1) is 5.41 Å². The molecule has 0 atom stereocenters. The van der Waals surface area contributed by atoms with Gasteiger partial charge in [-0.2, -0.15) is 0 Å². The Hall–Kier alpha value is -2.66. The second kappa shape index (κ2) is 5.85. The monoisotopic (exact) mass is 309 g/mol. The Morgan fingerprint density at radius 3 is 2.48 bits per heavy atom. The predicted octanol–water partition coefficient (Wildman–Crippen LogP) is 2.33. The van der Waals surface area contributed by atoms with Crippen molar-refractivity contribution in [3.8, 4) is 5.75 Å². The molecule has 1 aliphatic rings. The van der Waals surface area contributed by atoms with Crippen molar-refractivity contribution in [1.29, 1.82) is 5.41 Å². The third kappa shape index (κ3) is 2.59. The van der Waals surface area contributed by atoms with Gasteiger partial charge in [0.05, 0.1) is 16.8 Å². The lowest BCUT2D eigenvalue weighted by molar-refractivity contribution is 0.103. The Morgan fingerprint density at radius 1 is 1.09 bits per heavy atom. The van der Waals surface area contributed by atoms with Crippen molar-refractivity contribution in [2.45, 2.75) is 0 Å². The summed E-state index contributed by atoms with van der Waals surface area (Å²) in [6.45, 7) is 1.49. The number of benzene rings is 2. The molecule has 118 valence electrons. The summed E-state index contributed by atoms with van der Waals surface area (Å²) in [6, 6.07) is 10.3. The van der Waals surface area contributed by atoms with Gasteiger partial charge in [0.2, 0.25) is 0 Å². The lowest BCUT2D eigenvalue weighted by Crippen LogP contribution is -2.25. The van der Waals surface area contributed by atoms with Gasteiger partial charge in [0, 0.05) is 29.9 Å². The molecule has 5 heteroatoms. The Morgan fingerprint density at radius 2 is 1.78 bits per heavy atom. The maximum atomic E-state index is 12.9. The summed E-state index contributed by atoms with van der Waals surface area (Å²) in [6.07, 6.45) is 0. The second-order valence-corrected chi connectivity index (χ2v) is 5.86. The molecule has 0 fully saturated rings. The number of carbonyl (C=O) groups is 1. The Labute approximate surface area is 135 Å². The zero-order valence-corrected chi connectivity index (χ0v) is 13.2. The molecule has 23 heavy (non-hydrogen) atoms. The average Bonchev–Trinajstić information content (AvgIpc) is 2.53. The summed E-state index contributed by atoms with van der Waals surface area (Å²) < 4.78 is 0. The van der Waals surface area contributed by atoms with Crippen LogP contribution in [0.2, 0.25) is 0 Å². The van der Waals surface area contributed by atoms with Gasteiger partial charge in [0.1, 0.15) is 5.75 Å². The molecule has 3 rings (SSSR count). The van der Waals surface area contributed by atoms with E-state index in [2.05, 4.69) is 5.32 Å². The van der Waals surface area contributed by atoms with E-state index in [1.165, 1.54) is 6.07 Å². The van der Waals surface area contributed by atoms with Crippen LogP contribution < -0.4 is 5.32 Å². The van der Waals surface area contributed by atoms with E-state index in [4.69, 9.17) is 5.41 Å². The van der Waals surface area contributed by atoms with Gasteiger partial charge in [-0.05, 0) is 26.2 Å². The quantitative estimate of drug-likeness (QED) is 0.647. The number of fused-ring (bicyclic) bond motifs is 2. The zero-order valence-electron chi connectivity index (χ0n) is 13.2. The van der Waals surface area contributed by atoms with E-state index in [0.717, 1.165) is 6.54 Å². The number of ketones is 1. The molecule has 0 bridgehead atoms. The zero-order chi connectivity index (χ0) is 16.6. The smallest absolute Gasteiger partial charge is 0.196 e. The first-order chi connectivity index (χ1) is 11.0. The highest BCUT2D eigenvalue weighted by atomic mass is 16.3. The molecule has 0 aliphatic heterocycles. The minimum Gasteiger partial charge on any atom is -0.507 e. The van der Waals surface area contributed by atoms with Crippen LogP contribution in [-0.4, -0.2) is 48.7 Å². The number of rotatable bonds is 4. The van der Waals surface area contributed by atoms with Crippen LogP contribution in [0.4, 0.5) is 5.69 Å². The predicted molar refractivity (Wildman–Crippen MR) is 91.0 cm³/mol. The fourth-order valence-corrected chi connectivity index (χ4v) is 2.81. The minimum atomic E-state index is -0.158. The van der Waals surface area contributed by atoms with Crippen molar-refractivity contribution in [3.05, 3.63) is 58.7 Å². The number of aromatic hydroxyl groups is 1. The lowest BCUT2D eigenvalue weighted by Gasteiger charge is -2.23. The molecule has 0 radical (unpaired) electrons. The molecular formula is C18H19N3O2. The molecular weight excluding hydrogens is 290 g/mol. The summed E-state index contributed by atoms with van der Waals surface area (Å²) >= 11 is 0. The second-order valence-electron chi connectivity index (χ2n) is 5.86. The molecule has 1 aliphatic carbocycles. The highest BCUT2D eigenvalue weighted by Gasteiger charge is 2.31. The molecule has 0 saturated heterocycles. The highest BCUT2D eigenvalue weighted by Crippen LogP contribution is 2.36. The van der Waals surface area contributed by atoms with Crippen LogP contribution in [0.25, 0.3) is 0 Å². The summed E-state index contributed by atoms with van der Waals surface area (Å²) in [4.78, 5) is 14.9. The summed E-state index contributed by atoms with van der Waals surface area (Å²) in [5, 5.41) is 21.8. The number of phenols is 1. The van der Waals surface area contributed by atoms with Crippen molar-refractivity contribution in [2.24, 2.45) is 0 Å². The fraction of sp³-hybridized carbons (Fsp3) is 0.222. The van der Waals surface area contributed by atoms with Gasteiger partial charge in [0.15, 0.2) is 5.78 Å². The standard InChI is InChI=1S/C18H19N3O2/c1-21(2)10-9-20-13-7-8-14(22)16-15(13)18(23)12-6-4-3-5-11(12)17(16)19/h3-8,19-20,22H,9-10H2,1-2H3. The van der Waals surface area contributed by atoms with E-state index < -0.39 is 0 Å². The Balaban J connectivity index is 2.08. The van der Waals surface area contributed by atoms with Gasteiger partial charge in [0.25, 0.3) is 0 Å². The fourth-order valence-electron chi connectivity index (χ4n) is 2.81. The van der Waals surface area contributed by atoms with Gasteiger partial charge < -0.3 is 15.3 Å². The number of nitrogens with one attached hydrogen (secondary N) is 2. The highest BCUT2D eigenvalue weighted by molar-refractivity contribution is 6.31. The molecule has 3 N–H and O–H groups in total. The average molecular weight is 309 g/mol. The van der Waals surface area contributed by atoms with Crippen LogP contribution >= 0.6 is 0 Å². The Kier molecular flexibility index (Phi) is 3.88. The van der Waals surface area contributed by atoms with Crippen molar-refractivity contribution >= 4 is 17.2 Å². The third-order valence-corrected chi connectivity index (χ3v) is 3.98. The first-order valence-electron chi connectivity index (χ1n) is 7.48. The number of hydrogen-bond acceptors (Lipinski definition) is 5. The first kappa shape index (κ1) is 15.2. The molecule has 0 saturated carbocycles. The van der Waals surface area contributed by atoms with E-state index in [1.54, 1.807) is 30.3 Å². The maximum Gasteiger partial charge on any atom is 0.196 e. The normalized spacial score (nSPS) is 13.0. The van der Waals surface area contributed by atoms with Gasteiger partial charge >= 0.3 is 0 Å². The van der Waals surface area contributed by atoms with Crippen molar-refractivity contribution < 1.29 is 9.90 Å². The molecule has 0 unspecified atom stereocenters. The molecule has 2 aromatic rings. The third-order valence-electron chi connectivity index (χ3n) is 3.98. The van der Waals surface area contributed by atoms with Crippen molar-refractivity contribution in [3.63, 3.8) is 0 Å². The number of carbonyl (C=O) groups excluding carboxylic acids is 1. The van der Waals surface area contributed by atoms with E-state index in [1.807, 2.05) is 19.0 Å². The van der Waals surface area contributed by atoms with Gasteiger partial charge in [-0.15, -0.1) is 0 Å². The van der Waals surface area contributed by atoms with Crippen LogP contribution in [0.3, 0.4) is 0 Å². The molecule has 5 nitrogen and oxygen atoms in total. The summed E-state index contributed by atoms with van der Waals surface area (Å²) in [7, 11) is 3.95. The largest absolute Gasteiger partial charge is 0.507 e. The number of phenolic OH excluding ortho intramolecular Hbond substituents is 1. The minimum absolute atomic E-state index is 0.0361. The number of anilines is 1. The molecule has 0 aromatic heterocycles. The van der Waals surface area contributed by atoms with E-state index in [-0.39, 0.29) is 17.2 Å². The van der Waals surface area contributed by atoms with Crippen LogP contribution in [0.15, 0.2) is 36.4 Å². The van der Waals surface area contributed by atoms with Crippen molar-refractivity contribution in [1.82, 2.24) is 4.90 Å². The molecule has 2 aromatic carbocycles. The first-order valence-corrected chi connectivity index (χ1v) is 7.48. The van der Waals surface area contributed by atoms with Crippen molar-refractivity contribution in [2.75, 3.05) is 32.5 Å². The molecule has 0 heterocycles. The van der Waals surface area contributed by atoms with Crippen LogP contribution in [-0.2, 0) is 0 Å². The summed E-state index contributed by atoms with van der Waals surface area (Å²) in [5.74, 6) is -0.194. The van der Waals surface area contributed by atoms with E-state index in [9.17, 15) is 9.90 Å². The molecule has 0 amide bonds. The summed E-state index contributed by atoms with van der Waals surface area (Å²) in [5.41, 5.74) is 2.60. The number of likely N-dealkylation sites (N-methyl/N-ethyl adjacent to an activating group) is 1. The topological polar surface area (TPSA) is 76.4 Å². The van der Waals surface area contributed by atoms with Gasteiger partial charge in [-0.1, -0.05) is 24.3 Å². The lowest BCUT2D eigenvalue weighted by atomic mass is 9.82. The number of hydrogen-bond donors (Lipinski definition) is 3. The maximum absolute atomic E-state index is 12.9. The van der Waals surface area contributed by atoms with Crippen LogP contribution in [0.1, 0.15) is 27.0 Å².